The molecule has 4 rings (SSSR count). The molecule has 2 N–H and O–H groups in total. The number of anilines is 1. The zero-order valence-electron chi connectivity index (χ0n) is 15.2. The van der Waals surface area contributed by atoms with E-state index in [2.05, 4.69) is 15.3 Å². The van der Waals surface area contributed by atoms with Crippen molar-refractivity contribution < 1.29 is 9.53 Å². The molecule has 0 saturated carbocycles. The van der Waals surface area contributed by atoms with E-state index < -0.39 is 0 Å². The lowest BCUT2D eigenvalue weighted by molar-refractivity contribution is -0.118. The summed E-state index contributed by atoms with van der Waals surface area (Å²) in [6.45, 7) is 1.93. The van der Waals surface area contributed by atoms with Crippen molar-refractivity contribution in [3.63, 3.8) is 0 Å². The minimum Gasteiger partial charge on any atom is -0.484 e. The predicted octanol–water partition coefficient (Wildman–Crippen LogP) is 5.21. The van der Waals surface area contributed by atoms with Gasteiger partial charge in [0, 0.05) is 10.6 Å². The molecule has 0 aliphatic carbocycles. The van der Waals surface area contributed by atoms with Crippen molar-refractivity contribution in [3.8, 4) is 17.1 Å². The number of imidazole rings is 1. The second-order valence-corrected chi connectivity index (χ2v) is 6.88. The first-order valence-electron chi connectivity index (χ1n) is 8.82. The van der Waals surface area contributed by atoms with E-state index in [1.54, 1.807) is 24.3 Å². The van der Waals surface area contributed by atoms with E-state index >= 15 is 0 Å². The van der Waals surface area contributed by atoms with Crippen LogP contribution in [0.25, 0.3) is 22.4 Å². The van der Waals surface area contributed by atoms with Crippen LogP contribution in [-0.2, 0) is 4.79 Å². The van der Waals surface area contributed by atoms with E-state index in [1.807, 2.05) is 49.4 Å². The molecule has 0 atom stereocenters. The van der Waals surface area contributed by atoms with E-state index in [-0.39, 0.29) is 12.5 Å². The first-order valence-corrected chi connectivity index (χ1v) is 9.20. The van der Waals surface area contributed by atoms with Crippen molar-refractivity contribution in [3.05, 3.63) is 77.3 Å². The Morgan fingerprint density at radius 3 is 2.71 bits per heavy atom. The summed E-state index contributed by atoms with van der Waals surface area (Å²) < 4.78 is 5.51. The number of fused-ring (bicyclic) bond motifs is 1. The average Bonchev–Trinajstić information content (AvgIpc) is 3.11. The van der Waals surface area contributed by atoms with Crippen molar-refractivity contribution in [2.45, 2.75) is 6.92 Å². The third kappa shape index (κ3) is 4.00. The molecule has 1 aromatic heterocycles. The summed E-state index contributed by atoms with van der Waals surface area (Å²) in [5, 5.41) is 3.51. The largest absolute Gasteiger partial charge is 0.484 e. The van der Waals surface area contributed by atoms with Gasteiger partial charge in [-0.05, 0) is 61.0 Å². The van der Waals surface area contributed by atoms with Crippen LogP contribution in [0.5, 0.6) is 5.75 Å². The van der Waals surface area contributed by atoms with Gasteiger partial charge in [0.05, 0.1) is 16.7 Å². The Kier molecular flexibility index (Phi) is 5.00. The lowest BCUT2D eigenvalue weighted by Crippen LogP contribution is -2.20. The van der Waals surface area contributed by atoms with Crippen LogP contribution < -0.4 is 10.1 Å². The SMILES string of the molecule is Cc1ccc2nc(-c3ccccc3NC(=O)COc3ccc(Cl)cc3)[nH]c2c1. The number of hydrogen-bond acceptors (Lipinski definition) is 3. The van der Waals surface area contributed by atoms with Gasteiger partial charge in [-0.15, -0.1) is 0 Å². The molecule has 0 fully saturated rings. The Hall–Kier alpha value is -3.31. The second kappa shape index (κ2) is 7.74. The van der Waals surface area contributed by atoms with Crippen LogP contribution in [0, 0.1) is 6.92 Å². The van der Waals surface area contributed by atoms with E-state index in [9.17, 15) is 4.79 Å². The highest BCUT2D eigenvalue weighted by molar-refractivity contribution is 6.30. The number of amides is 1. The number of aryl methyl sites for hydroxylation is 1. The number of nitrogens with one attached hydrogen (secondary N) is 2. The van der Waals surface area contributed by atoms with Crippen LogP contribution in [0.4, 0.5) is 5.69 Å². The maximum absolute atomic E-state index is 12.4. The van der Waals surface area contributed by atoms with Crippen molar-refractivity contribution in [2.24, 2.45) is 0 Å². The maximum Gasteiger partial charge on any atom is 0.262 e. The summed E-state index contributed by atoms with van der Waals surface area (Å²) >= 11 is 5.85. The summed E-state index contributed by atoms with van der Waals surface area (Å²) in [7, 11) is 0. The molecule has 1 amide bonds. The topological polar surface area (TPSA) is 67.0 Å². The molecule has 5 nitrogen and oxygen atoms in total. The summed E-state index contributed by atoms with van der Waals surface area (Å²) in [6, 6.07) is 20.5. The summed E-state index contributed by atoms with van der Waals surface area (Å²) in [5.74, 6) is 1.03. The number of carbonyl (C=O) groups excluding carboxylic acids is 1. The molecule has 3 aromatic carbocycles. The quantitative estimate of drug-likeness (QED) is 0.490. The van der Waals surface area contributed by atoms with Gasteiger partial charge in [0.1, 0.15) is 11.6 Å². The highest BCUT2D eigenvalue weighted by atomic mass is 35.5. The predicted molar refractivity (Wildman–Crippen MR) is 112 cm³/mol. The lowest BCUT2D eigenvalue weighted by atomic mass is 10.1. The smallest absolute Gasteiger partial charge is 0.262 e. The minimum absolute atomic E-state index is 0.102. The number of H-pyrrole nitrogens is 1. The van der Waals surface area contributed by atoms with E-state index in [0.717, 1.165) is 22.2 Å². The third-order valence-corrected chi connectivity index (χ3v) is 4.53. The Labute approximate surface area is 167 Å². The average molecular weight is 392 g/mol. The molecule has 1 heterocycles. The molecule has 4 aromatic rings. The van der Waals surface area contributed by atoms with Crippen molar-refractivity contribution in [1.82, 2.24) is 9.97 Å². The van der Waals surface area contributed by atoms with E-state index in [0.29, 0.717) is 22.3 Å². The van der Waals surface area contributed by atoms with Crippen molar-refractivity contribution in [1.29, 1.82) is 0 Å². The molecule has 140 valence electrons. The highest BCUT2D eigenvalue weighted by Crippen LogP contribution is 2.28. The standard InChI is InChI=1S/C22H18ClN3O2/c1-14-6-11-19-20(12-14)26-22(25-19)17-4-2-3-5-18(17)24-21(27)13-28-16-9-7-15(23)8-10-16/h2-12H,13H2,1H3,(H,24,27)(H,25,26). The Morgan fingerprint density at radius 1 is 1.11 bits per heavy atom. The first kappa shape index (κ1) is 18.1. The molecule has 0 aliphatic heterocycles. The highest BCUT2D eigenvalue weighted by Gasteiger charge is 2.12. The fourth-order valence-corrected chi connectivity index (χ4v) is 3.04. The molecule has 0 unspecified atom stereocenters. The number of nitrogens with zero attached hydrogens (tertiary/aromatic N) is 1. The number of para-hydroxylation sites is 1. The number of hydrogen-bond donors (Lipinski definition) is 2. The Balaban J connectivity index is 1.52. The number of halogens is 1. The molecule has 0 bridgehead atoms. The van der Waals surface area contributed by atoms with Gasteiger partial charge in [0.2, 0.25) is 0 Å². The summed E-state index contributed by atoms with van der Waals surface area (Å²) in [5.41, 5.74) is 4.48. The maximum atomic E-state index is 12.4. The molecule has 6 heteroatoms. The van der Waals surface area contributed by atoms with Crippen LogP contribution in [0.3, 0.4) is 0 Å². The summed E-state index contributed by atoms with van der Waals surface area (Å²) in [4.78, 5) is 20.3. The number of rotatable bonds is 5. The number of carbonyl (C=O) groups is 1. The molecule has 0 saturated heterocycles. The van der Waals surface area contributed by atoms with Crippen molar-refractivity contribution in [2.75, 3.05) is 11.9 Å². The number of aromatic nitrogens is 2. The van der Waals surface area contributed by atoms with Gasteiger partial charge < -0.3 is 15.0 Å². The molecule has 0 aliphatic rings. The van der Waals surface area contributed by atoms with Gasteiger partial charge in [0.25, 0.3) is 5.91 Å². The molecule has 28 heavy (non-hydrogen) atoms. The van der Waals surface area contributed by atoms with Gasteiger partial charge in [-0.1, -0.05) is 29.8 Å². The van der Waals surface area contributed by atoms with Gasteiger partial charge in [-0.25, -0.2) is 4.98 Å². The zero-order chi connectivity index (χ0) is 19.5. The monoisotopic (exact) mass is 391 g/mol. The second-order valence-electron chi connectivity index (χ2n) is 6.44. The molecular weight excluding hydrogens is 374 g/mol. The minimum atomic E-state index is -0.255. The van der Waals surface area contributed by atoms with Crippen LogP contribution in [0.1, 0.15) is 5.56 Å². The first-order chi connectivity index (χ1) is 13.6. The van der Waals surface area contributed by atoms with E-state index in [1.165, 1.54) is 0 Å². The van der Waals surface area contributed by atoms with Gasteiger partial charge in [0.15, 0.2) is 6.61 Å². The van der Waals surface area contributed by atoms with Crippen LogP contribution >= 0.6 is 11.6 Å². The van der Waals surface area contributed by atoms with Crippen molar-refractivity contribution >= 4 is 34.2 Å². The number of aromatic amines is 1. The van der Waals surface area contributed by atoms with Crippen LogP contribution in [-0.4, -0.2) is 22.5 Å². The molecular formula is C22H18ClN3O2. The zero-order valence-corrected chi connectivity index (χ0v) is 16.0. The Morgan fingerprint density at radius 2 is 1.89 bits per heavy atom. The van der Waals surface area contributed by atoms with Crippen LogP contribution in [0.15, 0.2) is 66.7 Å². The van der Waals surface area contributed by atoms with Gasteiger partial charge in [-0.3, -0.25) is 4.79 Å². The summed E-state index contributed by atoms with van der Waals surface area (Å²) in [6.07, 6.45) is 0. The number of benzene rings is 3. The van der Waals surface area contributed by atoms with Gasteiger partial charge >= 0.3 is 0 Å². The third-order valence-electron chi connectivity index (χ3n) is 4.28. The fraction of sp³-hybridized carbons (Fsp3) is 0.0909. The molecule has 0 radical (unpaired) electrons. The molecule has 0 spiro atoms. The normalized spacial score (nSPS) is 10.8. The lowest BCUT2D eigenvalue weighted by Gasteiger charge is -2.10. The van der Waals surface area contributed by atoms with Crippen LogP contribution in [0.2, 0.25) is 5.02 Å². The van der Waals surface area contributed by atoms with Gasteiger partial charge in [-0.2, -0.15) is 0 Å². The van der Waals surface area contributed by atoms with E-state index in [4.69, 9.17) is 16.3 Å². The fourth-order valence-electron chi connectivity index (χ4n) is 2.92. The number of ether oxygens (including phenoxy) is 1. The Bertz CT molecular complexity index is 1140.